The molecule has 162 valence electrons. The number of nitrogens with zero attached hydrogens (tertiary/aromatic N) is 1. The molecule has 7 nitrogen and oxygen atoms in total. The fourth-order valence-electron chi connectivity index (χ4n) is 3.63. The summed E-state index contributed by atoms with van der Waals surface area (Å²) in [5.74, 6) is -1.38. The van der Waals surface area contributed by atoms with Crippen LogP contribution in [0.4, 0.5) is 4.39 Å². The maximum absolute atomic E-state index is 15.2. The smallest absolute Gasteiger partial charge is 0.343 e. The van der Waals surface area contributed by atoms with Crippen LogP contribution in [0.2, 0.25) is 0 Å². The van der Waals surface area contributed by atoms with Crippen LogP contribution in [0.1, 0.15) is 30.2 Å². The maximum atomic E-state index is 15.2. The van der Waals surface area contributed by atoms with E-state index in [9.17, 15) is 18.0 Å². The Morgan fingerprint density at radius 2 is 2.00 bits per heavy atom. The lowest BCUT2D eigenvalue weighted by Gasteiger charge is -2.28. The Morgan fingerprint density at radius 1 is 1.32 bits per heavy atom. The Labute approximate surface area is 181 Å². The molecule has 1 aromatic heterocycles. The summed E-state index contributed by atoms with van der Waals surface area (Å²) >= 11 is 0. The van der Waals surface area contributed by atoms with Crippen molar-refractivity contribution in [1.29, 1.82) is 0 Å². The highest BCUT2D eigenvalue weighted by molar-refractivity contribution is 8.13. The van der Waals surface area contributed by atoms with Gasteiger partial charge in [0.2, 0.25) is 5.43 Å². The first-order valence-electron chi connectivity index (χ1n) is 9.39. The number of rotatable bonds is 4. The monoisotopic (exact) mass is 465 g/mol. The summed E-state index contributed by atoms with van der Waals surface area (Å²) < 4.78 is 50.7. The number of ether oxygens (including phenoxy) is 2. The van der Waals surface area contributed by atoms with Gasteiger partial charge in [0.1, 0.15) is 18.0 Å². The summed E-state index contributed by atoms with van der Waals surface area (Å²) in [6, 6.07) is 6.17. The fourth-order valence-corrected chi connectivity index (χ4v) is 4.40. The van der Waals surface area contributed by atoms with E-state index in [-0.39, 0.29) is 46.4 Å². The Bertz CT molecular complexity index is 1380. The van der Waals surface area contributed by atoms with E-state index >= 15 is 4.39 Å². The molecule has 1 aliphatic rings. The Hall–Kier alpha value is -2.91. The number of carbonyl (C=O) groups excluding carboxylic acids is 1. The minimum absolute atomic E-state index is 0.00620. The van der Waals surface area contributed by atoms with E-state index in [1.807, 2.05) is 6.92 Å². The molecule has 0 aliphatic carbocycles. The Balaban J connectivity index is 2.01. The fraction of sp³-hybridized carbons (Fsp3) is 0.238. The minimum Gasteiger partial charge on any atom is -0.488 e. The van der Waals surface area contributed by atoms with Crippen molar-refractivity contribution >= 4 is 36.6 Å². The summed E-state index contributed by atoms with van der Waals surface area (Å²) in [6.07, 6.45) is 1.41. The highest BCUT2D eigenvalue weighted by Crippen LogP contribution is 2.42. The van der Waals surface area contributed by atoms with Gasteiger partial charge in [-0.25, -0.2) is 17.6 Å². The summed E-state index contributed by atoms with van der Waals surface area (Å²) in [4.78, 5) is 25.1. The second kappa shape index (κ2) is 7.65. The lowest BCUT2D eigenvalue weighted by atomic mass is 9.98. The molecule has 0 saturated carbocycles. The second-order valence-corrected chi connectivity index (χ2v) is 9.65. The number of esters is 1. The molecule has 0 fully saturated rings. The average molecular weight is 466 g/mol. The topological polar surface area (TPSA) is 91.7 Å². The largest absolute Gasteiger partial charge is 0.488 e. The van der Waals surface area contributed by atoms with Crippen LogP contribution in [0, 0.1) is 5.82 Å². The molecular formula is C21H17ClFNO6S. The molecule has 3 aromatic rings. The van der Waals surface area contributed by atoms with Crippen molar-refractivity contribution in [2.75, 3.05) is 13.2 Å². The molecule has 0 radical (unpaired) electrons. The van der Waals surface area contributed by atoms with Crippen LogP contribution >= 0.6 is 10.7 Å². The molecule has 1 aliphatic heterocycles. The summed E-state index contributed by atoms with van der Waals surface area (Å²) in [6.45, 7) is 3.74. The summed E-state index contributed by atoms with van der Waals surface area (Å²) in [5, 5.41) is -0.00620. The summed E-state index contributed by atoms with van der Waals surface area (Å²) in [7, 11) is 1.42. The molecule has 2 heterocycles. The van der Waals surface area contributed by atoms with Crippen LogP contribution in [-0.4, -0.2) is 32.2 Å². The van der Waals surface area contributed by atoms with Crippen molar-refractivity contribution in [2.45, 2.75) is 24.8 Å². The number of hydrogen-bond acceptors (Lipinski definition) is 6. The standard InChI is InChI=1S/C21H17ClFNO6S/c1-3-29-21(26)15-9-24-11(2)10-30-20-17(16(23)8-14(18(20)24)19(15)25)12-4-6-13(7-5-12)31(22,27)28/h4-9,11H,3,10H2,1-2H3. The number of aromatic nitrogens is 1. The zero-order chi connectivity index (χ0) is 22.5. The van der Waals surface area contributed by atoms with Crippen LogP contribution < -0.4 is 10.2 Å². The van der Waals surface area contributed by atoms with Crippen molar-refractivity contribution in [3.05, 3.63) is 58.1 Å². The number of halogens is 2. The lowest BCUT2D eigenvalue weighted by Crippen LogP contribution is -2.27. The zero-order valence-electron chi connectivity index (χ0n) is 16.5. The van der Waals surface area contributed by atoms with E-state index < -0.39 is 26.3 Å². The van der Waals surface area contributed by atoms with Gasteiger partial charge in [-0.05, 0) is 37.6 Å². The maximum Gasteiger partial charge on any atom is 0.343 e. The van der Waals surface area contributed by atoms with Crippen molar-refractivity contribution in [2.24, 2.45) is 0 Å². The molecule has 0 saturated heterocycles. The predicted octanol–water partition coefficient (Wildman–Crippen LogP) is 3.87. The predicted molar refractivity (Wildman–Crippen MR) is 113 cm³/mol. The van der Waals surface area contributed by atoms with Crippen LogP contribution in [0.3, 0.4) is 0 Å². The van der Waals surface area contributed by atoms with Gasteiger partial charge in [-0.1, -0.05) is 12.1 Å². The molecule has 4 rings (SSSR count). The molecular weight excluding hydrogens is 449 g/mol. The first-order valence-corrected chi connectivity index (χ1v) is 11.7. The lowest BCUT2D eigenvalue weighted by molar-refractivity contribution is 0.0523. The number of benzene rings is 2. The molecule has 0 spiro atoms. The average Bonchev–Trinajstić information content (AvgIpc) is 2.71. The molecule has 1 atom stereocenters. The first-order chi connectivity index (χ1) is 14.6. The molecule has 0 N–H and O–H groups in total. The third-order valence-electron chi connectivity index (χ3n) is 5.09. The third kappa shape index (κ3) is 3.57. The van der Waals surface area contributed by atoms with Crippen LogP contribution in [0.5, 0.6) is 5.75 Å². The van der Waals surface area contributed by atoms with Gasteiger partial charge in [-0.3, -0.25) is 4.79 Å². The van der Waals surface area contributed by atoms with E-state index in [1.165, 1.54) is 30.5 Å². The van der Waals surface area contributed by atoms with E-state index in [0.29, 0.717) is 11.1 Å². The third-order valence-corrected chi connectivity index (χ3v) is 6.46. The van der Waals surface area contributed by atoms with Gasteiger partial charge in [0.15, 0.2) is 5.75 Å². The van der Waals surface area contributed by atoms with Crippen LogP contribution in [0.15, 0.2) is 46.2 Å². The minimum atomic E-state index is -3.93. The number of carbonyl (C=O) groups is 1. The quantitative estimate of drug-likeness (QED) is 0.429. The number of hydrogen-bond donors (Lipinski definition) is 0. The van der Waals surface area contributed by atoms with E-state index in [4.69, 9.17) is 20.2 Å². The molecule has 10 heteroatoms. The van der Waals surface area contributed by atoms with Crippen molar-refractivity contribution in [1.82, 2.24) is 4.57 Å². The molecule has 1 unspecified atom stereocenters. The van der Waals surface area contributed by atoms with Crippen LogP contribution in [-0.2, 0) is 13.8 Å². The van der Waals surface area contributed by atoms with Gasteiger partial charge in [-0.15, -0.1) is 0 Å². The summed E-state index contributed by atoms with van der Waals surface area (Å²) in [5.41, 5.74) is -0.0609. The molecule has 31 heavy (non-hydrogen) atoms. The normalized spacial score (nSPS) is 15.5. The highest BCUT2D eigenvalue weighted by Gasteiger charge is 2.29. The van der Waals surface area contributed by atoms with E-state index in [1.54, 1.807) is 11.5 Å². The Morgan fingerprint density at radius 3 is 2.61 bits per heavy atom. The molecule has 0 bridgehead atoms. The van der Waals surface area contributed by atoms with Gasteiger partial charge >= 0.3 is 5.97 Å². The van der Waals surface area contributed by atoms with Crippen molar-refractivity contribution < 1.29 is 27.1 Å². The van der Waals surface area contributed by atoms with Gasteiger partial charge in [-0.2, -0.15) is 0 Å². The Kier molecular flexibility index (Phi) is 5.26. The van der Waals surface area contributed by atoms with Gasteiger partial charge in [0.25, 0.3) is 9.05 Å². The number of pyridine rings is 1. The molecule has 2 aromatic carbocycles. The van der Waals surface area contributed by atoms with Crippen molar-refractivity contribution in [3.63, 3.8) is 0 Å². The van der Waals surface area contributed by atoms with Gasteiger partial charge < -0.3 is 14.0 Å². The van der Waals surface area contributed by atoms with Crippen molar-refractivity contribution in [3.8, 4) is 16.9 Å². The SMILES string of the molecule is CCOC(=O)c1cn2c3c(c(-c4ccc(S(=O)(=O)Cl)cc4)c(F)cc3c1=O)OCC2C. The van der Waals surface area contributed by atoms with Gasteiger partial charge in [0, 0.05) is 16.9 Å². The molecule has 0 amide bonds. The second-order valence-electron chi connectivity index (χ2n) is 7.08. The van der Waals surface area contributed by atoms with Crippen LogP contribution in [0.25, 0.3) is 22.0 Å². The van der Waals surface area contributed by atoms with E-state index in [0.717, 1.165) is 6.07 Å². The first kappa shape index (κ1) is 21.3. The van der Waals surface area contributed by atoms with E-state index in [2.05, 4.69) is 0 Å². The van der Waals surface area contributed by atoms with Gasteiger partial charge in [0.05, 0.1) is 34.0 Å². The highest BCUT2D eigenvalue weighted by atomic mass is 35.7. The zero-order valence-corrected chi connectivity index (χ0v) is 18.1.